The zero-order valence-electron chi connectivity index (χ0n) is 24.4. The largest absolute Gasteiger partial charge is 0.493 e. The maximum atomic E-state index is 13.1. The van der Waals surface area contributed by atoms with Crippen LogP contribution in [0.3, 0.4) is 0 Å². The molecule has 1 amide bonds. The fourth-order valence-electron chi connectivity index (χ4n) is 6.03. The quantitative estimate of drug-likeness (QED) is 0.374. The summed E-state index contributed by atoms with van der Waals surface area (Å²) < 4.78 is 75.1. The number of rotatable bonds is 10. The number of nitrogens with one attached hydrogen (secondary N) is 1. The van der Waals surface area contributed by atoms with Crippen LogP contribution in [-0.4, -0.2) is 69.9 Å². The summed E-state index contributed by atoms with van der Waals surface area (Å²) in [5.74, 6) is 0.427. The number of carbonyl (C=O) groups excluding carboxylic acids is 1. The smallest absolute Gasteiger partial charge is 0.412 e. The van der Waals surface area contributed by atoms with Gasteiger partial charge < -0.3 is 24.8 Å². The van der Waals surface area contributed by atoms with Crippen LogP contribution in [0.25, 0.3) is 0 Å². The van der Waals surface area contributed by atoms with Crippen LogP contribution in [0, 0.1) is 5.92 Å². The highest BCUT2D eigenvalue weighted by Crippen LogP contribution is 2.38. The van der Waals surface area contributed by atoms with Crippen LogP contribution in [0.5, 0.6) is 0 Å². The van der Waals surface area contributed by atoms with Crippen molar-refractivity contribution < 1.29 is 41.0 Å². The molecule has 2 fully saturated rings. The molecule has 8 nitrogen and oxygen atoms in total. The van der Waals surface area contributed by atoms with Gasteiger partial charge in [0, 0.05) is 48.2 Å². The van der Waals surface area contributed by atoms with E-state index in [-0.39, 0.29) is 54.1 Å². The molecule has 1 aliphatic carbocycles. The number of hydrogen-bond donors (Lipinski definition) is 2. The van der Waals surface area contributed by atoms with Gasteiger partial charge in [0.25, 0.3) is 5.91 Å². The Hall–Kier alpha value is -3.35. The van der Waals surface area contributed by atoms with Crippen LogP contribution in [0.4, 0.5) is 18.9 Å². The van der Waals surface area contributed by atoms with Crippen molar-refractivity contribution in [3.63, 3.8) is 0 Å². The molecule has 3 aliphatic rings. The van der Waals surface area contributed by atoms with Crippen molar-refractivity contribution in [3.05, 3.63) is 83.1 Å². The Bertz CT molecular complexity index is 1480. The van der Waals surface area contributed by atoms with Crippen molar-refractivity contribution in [2.45, 2.75) is 61.9 Å². The SMILES string of the molecule is CCS(=O)(=O)c1ccc([C@H](CO)NC(=O)c2ccc(N3C[C@H](OC4=CC=C(C(F)(F)F)CC4)C[C@H]3C3CCOC3)cc2)cc1. The number of allylic oxidation sites excluding steroid dienone is 4. The molecule has 2 aromatic rings. The molecule has 12 heteroatoms. The summed E-state index contributed by atoms with van der Waals surface area (Å²) in [4.78, 5) is 15.5. The lowest BCUT2D eigenvalue weighted by atomic mass is 9.96. The molecule has 0 bridgehead atoms. The molecule has 2 heterocycles. The topological polar surface area (TPSA) is 105 Å². The van der Waals surface area contributed by atoms with Crippen molar-refractivity contribution >= 4 is 21.4 Å². The van der Waals surface area contributed by atoms with E-state index >= 15 is 0 Å². The Morgan fingerprint density at radius 3 is 2.41 bits per heavy atom. The lowest BCUT2D eigenvalue weighted by Crippen LogP contribution is -2.36. The Kier molecular flexibility index (Phi) is 9.71. The monoisotopic (exact) mass is 634 g/mol. The Labute approximate surface area is 255 Å². The minimum Gasteiger partial charge on any atom is -0.493 e. The number of nitrogens with zero attached hydrogens (tertiary/aromatic N) is 1. The van der Waals surface area contributed by atoms with Gasteiger partial charge in [-0.1, -0.05) is 25.1 Å². The fourth-order valence-corrected chi connectivity index (χ4v) is 6.92. The minimum atomic E-state index is -4.33. The van der Waals surface area contributed by atoms with Crippen LogP contribution in [0.15, 0.2) is 76.9 Å². The van der Waals surface area contributed by atoms with E-state index in [0.717, 1.165) is 18.2 Å². The second-order valence-corrected chi connectivity index (χ2v) is 13.6. The third-order valence-electron chi connectivity index (χ3n) is 8.58. The maximum absolute atomic E-state index is 13.1. The van der Waals surface area contributed by atoms with E-state index in [1.54, 1.807) is 31.2 Å². The summed E-state index contributed by atoms with van der Waals surface area (Å²) in [6.45, 7) is 3.06. The number of sulfone groups is 1. The number of aliphatic hydroxyl groups is 1. The summed E-state index contributed by atoms with van der Waals surface area (Å²) in [5.41, 5.74) is 1.32. The van der Waals surface area contributed by atoms with Crippen molar-refractivity contribution in [2.24, 2.45) is 5.92 Å². The predicted molar refractivity (Wildman–Crippen MR) is 159 cm³/mol. The van der Waals surface area contributed by atoms with Crippen molar-refractivity contribution in [3.8, 4) is 0 Å². The van der Waals surface area contributed by atoms with Crippen LogP contribution < -0.4 is 10.2 Å². The Morgan fingerprint density at radius 1 is 1.11 bits per heavy atom. The van der Waals surface area contributed by atoms with E-state index in [9.17, 15) is 31.5 Å². The lowest BCUT2D eigenvalue weighted by Gasteiger charge is -2.30. The predicted octanol–water partition coefficient (Wildman–Crippen LogP) is 5.11. The summed E-state index contributed by atoms with van der Waals surface area (Å²) in [7, 11) is -3.36. The van der Waals surface area contributed by atoms with Crippen molar-refractivity contribution in [1.29, 1.82) is 0 Å². The molecule has 2 aliphatic heterocycles. The van der Waals surface area contributed by atoms with Gasteiger partial charge in [0.1, 0.15) is 6.10 Å². The minimum absolute atomic E-state index is 0.0232. The van der Waals surface area contributed by atoms with Crippen LogP contribution >= 0.6 is 0 Å². The maximum Gasteiger partial charge on any atom is 0.412 e. The number of alkyl halides is 3. The Morgan fingerprint density at radius 2 is 1.84 bits per heavy atom. The third-order valence-corrected chi connectivity index (χ3v) is 10.3. The first kappa shape index (κ1) is 32.1. The molecule has 4 atom stereocenters. The third kappa shape index (κ3) is 7.30. The molecule has 0 radical (unpaired) electrons. The first-order valence-electron chi connectivity index (χ1n) is 14.8. The van der Waals surface area contributed by atoms with Crippen LogP contribution in [0.2, 0.25) is 0 Å². The first-order valence-corrected chi connectivity index (χ1v) is 16.5. The van der Waals surface area contributed by atoms with Gasteiger partial charge in [0.05, 0.1) is 42.2 Å². The molecule has 2 aromatic carbocycles. The number of amides is 1. The number of carbonyl (C=O) groups is 1. The van der Waals surface area contributed by atoms with Crippen LogP contribution in [0.1, 0.15) is 54.6 Å². The second kappa shape index (κ2) is 13.3. The highest BCUT2D eigenvalue weighted by atomic mass is 32.2. The molecule has 44 heavy (non-hydrogen) atoms. The normalized spacial score (nSPS) is 23.2. The lowest BCUT2D eigenvalue weighted by molar-refractivity contribution is -0.0945. The molecule has 238 valence electrons. The zero-order valence-corrected chi connectivity index (χ0v) is 25.2. The molecule has 2 N–H and O–H groups in total. The molecular weight excluding hydrogens is 597 g/mol. The Balaban J connectivity index is 1.26. The summed E-state index contributed by atoms with van der Waals surface area (Å²) >= 11 is 0. The van der Waals surface area contributed by atoms with Gasteiger partial charge in [-0.3, -0.25) is 4.79 Å². The molecule has 0 saturated carbocycles. The van der Waals surface area contributed by atoms with E-state index in [1.807, 2.05) is 12.1 Å². The highest BCUT2D eigenvalue weighted by molar-refractivity contribution is 7.91. The zero-order chi connectivity index (χ0) is 31.5. The standard InChI is InChI=1S/C32H37F3N2O6S/c1-2-44(40,41)28-13-5-21(6-14-28)29(19-38)36-31(39)22-3-9-25(10-4-22)37-18-27(17-30(37)23-15-16-42-20-23)43-26-11-7-24(8-12-26)32(33,34)35/h3-7,9-11,13-14,23,27,29-30,38H,2,8,12,15-20H2,1H3,(H,36,39)/t23?,27-,29+,30+/m1/s1. The number of aliphatic hydroxyl groups excluding tert-OH is 1. The van der Waals surface area contributed by atoms with Gasteiger partial charge >= 0.3 is 6.18 Å². The van der Waals surface area contributed by atoms with Gasteiger partial charge in [-0.05, 0) is 60.9 Å². The molecule has 5 rings (SSSR count). The second-order valence-electron chi connectivity index (χ2n) is 11.4. The molecule has 0 spiro atoms. The van der Waals surface area contributed by atoms with Gasteiger partial charge in [0.15, 0.2) is 9.84 Å². The number of benzene rings is 2. The summed E-state index contributed by atoms with van der Waals surface area (Å²) in [5, 5.41) is 12.8. The van der Waals surface area contributed by atoms with Crippen molar-refractivity contribution in [1.82, 2.24) is 5.32 Å². The molecule has 2 saturated heterocycles. The van der Waals surface area contributed by atoms with Gasteiger partial charge in [0.2, 0.25) is 0 Å². The van der Waals surface area contributed by atoms with E-state index in [4.69, 9.17) is 9.47 Å². The molecule has 0 aromatic heterocycles. The van der Waals surface area contributed by atoms with E-state index in [1.165, 1.54) is 18.2 Å². The number of hydrogen-bond acceptors (Lipinski definition) is 7. The number of halogens is 3. The summed E-state index contributed by atoms with van der Waals surface area (Å²) in [6, 6.07) is 12.6. The molecule has 1 unspecified atom stereocenters. The van der Waals surface area contributed by atoms with Crippen molar-refractivity contribution in [2.75, 3.05) is 37.0 Å². The fraction of sp³-hybridized carbons (Fsp3) is 0.469. The van der Waals surface area contributed by atoms with Gasteiger partial charge in [-0.2, -0.15) is 13.2 Å². The average Bonchev–Trinajstić information content (AvgIpc) is 3.70. The molecular formula is C32H37F3N2O6S. The van der Waals surface area contributed by atoms with E-state index in [0.29, 0.717) is 43.1 Å². The average molecular weight is 635 g/mol. The first-order chi connectivity index (χ1) is 21.0. The highest BCUT2D eigenvalue weighted by Gasteiger charge is 2.40. The van der Waals surface area contributed by atoms with E-state index < -0.39 is 27.6 Å². The summed E-state index contributed by atoms with van der Waals surface area (Å²) in [6.07, 6.45) is -0.268. The number of ether oxygens (including phenoxy) is 2. The van der Waals surface area contributed by atoms with Crippen LogP contribution in [-0.2, 0) is 19.3 Å². The van der Waals surface area contributed by atoms with Gasteiger partial charge in [-0.25, -0.2) is 8.42 Å². The van der Waals surface area contributed by atoms with E-state index in [2.05, 4.69) is 10.2 Å². The number of anilines is 1. The van der Waals surface area contributed by atoms with Gasteiger partial charge in [-0.15, -0.1) is 0 Å².